The van der Waals surface area contributed by atoms with E-state index in [1.54, 1.807) is 0 Å². The lowest BCUT2D eigenvalue weighted by Crippen LogP contribution is -2.64. The van der Waals surface area contributed by atoms with E-state index in [2.05, 4.69) is 22.4 Å². The van der Waals surface area contributed by atoms with Crippen LogP contribution in [-0.2, 0) is 16.0 Å². The fourth-order valence-corrected chi connectivity index (χ4v) is 4.49. The molecule has 1 saturated carbocycles. The smallest absolute Gasteiger partial charge is 0.0964 e. The topological polar surface area (TPSA) is 21.7 Å². The SMILES string of the molecule is c1csc(CN2CC3(C2)OCC[C@@H]3CCOCC2CC2)c1. The van der Waals surface area contributed by atoms with Gasteiger partial charge in [-0.15, -0.1) is 11.3 Å². The van der Waals surface area contributed by atoms with Gasteiger partial charge in [-0.2, -0.15) is 0 Å². The summed E-state index contributed by atoms with van der Waals surface area (Å²) in [4.78, 5) is 3.99. The van der Waals surface area contributed by atoms with E-state index in [4.69, 9.17) is 9.47 Å². The molecule has 3 nitrogen and oxygen atoms in total. The second-order valence-electron chi connectivity index (χ2n) is 6.93. The lowest BCUT2D eigenvalue weighted by atomic mass is 9.79. The van der Waals surface area contributed by atoms with Crippen molar-refractivity contribution in [3.8, 4) is 0 Å². The number of hydrogen-bond donors (Lipinski definition) is 0. The molecule has 0 amide bonds. The van der Waals surface area contributed by atoms with Gasteiger partial charge >= 0.3 is 0 Å². The van der Waals surface area contributed by atoms with Crippen molar-refractivity contribution >= 4 is 11.3 Å². The standard InChI is InChI=1S/C17H25NO2S/c1-2-16(21-9-1)10-18-12-17(13-18)15(6-8-20-17)5-7-19-11-14-3-4-14/h1-2,9,14-15H,3-8,10-13H2/t15-/m0/s1. The molecule has 3 heterocycles. The molecule has 1 aliphatic carbocycles. The van der Waals surface area contributed by atoms with Crippen LogP contribution in [0.5, 0.6) is 0 Å². The normalized spacial score (nSPS) is 28.1. The van der Waals surface area contributed by atoms with E-state index in [-0.39, 0.29) is 5.60 Å². The van der Waals surface area contributed by atoms with Crippen LogP contribution >= 0.6 is 11.3 Å². The van der Waals surface area contributed by atoms with Gasteiger partial charge in [-0.3, -0.25) is 4.90 Å². The Bertz CT molecular complexity index is 451. The highest BCUT2D eigenvalue weighted by Crippen LogP contribution is 2.42. The summed E-state index contributed by atoms with van der Waals surface area (Å²) in [6.07, 6.45) is 5.17. The van der Waals surface area contributed by atoms with Crippen LogP contribution in [0.2, 0.25) is 0 Å². The monoisotopic (exact) mass is 307 g/mol. The summed E-state index contributed by atoms with van der Waals surface area (Å²) in [5.41, 5.74) is 0.153. The summed E-state index contributed by atoms with van der Waals surface area (Å²) in [6.45, 7) is 6.17. The quantitative estimate of drug-likeness (QED) is 0.722. The number of hydrogen-bond acceptors (Lipinski definition) is 4. The molecule has 4 rings (SSSR count). The minimum atomic E-state index is 0.153. The maximum atomic E-state index is 6.14. The molecule has 0 radical (unpaired) electrons. The van der Waals surface area contributed by atoms with Gasteiger partial charge in [0.15, 0.2) is 0 Å². The largest absolute Gasteiger partial charge is 0.381 e. The Hall–Kier alpha value is -0.420. The van der Waals surface area contributed by atoms with Gasteiger partial charge in [0.1, 0.15) is 0 Å². The minimum absolute atomic E-state index is 0.153. The lowest BCUT2D eigenvalue weighted by molar-refractivity contribution is -0.138. The van der Waals surface area contributed by atoms with Crippen LogP contribution in [0.1, 0.15) is 30.6 Å². The van der Waals surface area contributed by atoms with Crippen molar-refractivity contribution in [2.75, 3.05) is 32.9 Å². The first-order chi connectivity index (χ1) is 10.3. The van der Waals surface area contributed by atoms with Crippen molar-refractivity contribution in [2.24, 2.45) is 11.8 Å². The van der Waals surface area contributed by atoms with Gasteiger partial charge < -0.3 is 9.47 Å². The van der Waals surface area contributed by atoms with Gasteiger partial charge in [-0.05, 0) is 49.0 Å². The molecule has 21 heavy (non-hydrogen) atoms. The summed E-state index contributed by atoms with van der Waals surface area (Å²) >= 11 is 1.86. The zero-order valence-corrected chi connectivity index (χ0v) is 13.4. The number of ether oxygens (including phenoxy) is 2. The summed E-state index contributed by atoms with van der Waals surface area (Å²) in [5, 5.41) is 2.16. The fourth-order valence-electron chi connectivity index (χ4n) is 3.75. The predicted molar refractivity (Wildman–Crippen MR) is 84.5 cm³/mol. The van der Waals surface area contributed by atoms with Crippen molar-refractivity contribution in [3.63, 3.8) is 0 Å². The summed E-state index contributed by atoms with van der Waals surface area (Å²) < 4.78 is 12.0. The molecule has 3 aliphatic rings. The number of nitrogens with zero attached hydrogens (tertiary/aromatic N) is 1. The zero-order chi connectivity index (χ0) is 14.1. The Labute approximate surface area is 131 Å². The van der Waals surface area contributed by atoms with Crippen molar-refractivity contribution in [3.05, 3.63) is 22.4 Å². The van der Waals surface area contributed by atoms with Crippen LogP contribution in [0.4, 0.5) is 0 Å². The van der Waals surface area contributed by atoms with Crippen LogP contribution in [0.15, 0.2) is 17.5 Å². The predicted octanol–water partition coefficient (Wildman–Crippen LogP) is 3.16. The van der Waals surface area contributed by atoms with Crippen LogP contribution in [0.3, 0.4) is 0 Å². The maximum absolute atomic E-state index is 6.14. The average molecular weight is 307 g/mol. The Morgan fingerprint density at radius 3 is 3.00 bits per heavy atom. The van der Waals surface area contributed by atoms with Crippen molar-refractivity contribution in [2.45, 2.75) is 37.8 Å². The molecule has 1 aromatic rings. The van der Waals surface area contributed by atoms with Crippen LogP contribution in [0.25, 0.3) is 0 Å². The highest BCUT2D eigenvalue weighted by Gasteiger charge is 2.52. The maximum Gasteiger partial charge on any atom is 0.0964 e. The van der Waals surface area contributed by atoms with Crippen LogP contribution in [-0.4, -0.2) is 43.4 Å². The molecule has 1 spiro atoms. The minimum Gasteiger partial charge on any atom is -0.381 e. The summed E-state index contributed by atoms with van der Waals surface area (Å²) in [6, 6.07) is 4.37. The number of rotatable bonds is 7. The first-order valence-electron chi connectivity index (χ1n) is 8.30. The van der Waals surface area contributed by atoms with Gasteiger partial charge in [-0.1, -0.05) is 6.07 Å². The summed E-state index contributed by atoms with van der Waals surface area (Å²) in [5.74, 6) is 1.58. The third kappa shape index (κ3) is 3.19. The van der Waals surface area contributed by atoms with Gasteiger partial charge in [0.2, 0.25) is 0 Å². The molecule has 2 saturated heterocycles. The number of thiophene rings is 1. The number of likely N-dealkylation sites (tertiary alicyclic amines) is 1. The van der Waals surface area contributed by atoms with E-state index in [1.165, 1.54) is 30.6 Å². The molecular weight excluding hydrogens is 282 g/mol. The Morgan fingerprint density at radius 1 is 1.33 bits per heavy atom. The van der Waals surface area contributed by atoms with Gasteiger partial charge in [0.25, 0.3) is 0 Å². The molecule has 116 valence electrons. The molecule has 3 fully saturated rings. The van der Waals surface area contributed by atoms with Gasteiger partial charge in [-0.25, -0.2) is 0 Å². The Balaban J connectivity index is 1.22. The second-order valence-corrected chi connectivity index (χ2v) is 7.96. The summed E-state index contributed by atoms with van der Waals surface area (Å²) in [7, 11) is 0. The van der Waals surface area contributed by atoms with E-state index in [1.807, 2.05) is 11.3 Å². The Morgan fingerprint density at radius 2 is 2.24 bits per heavy atom. The molecule has 0 aromatic carbocycles. The van der Waals surface area contributed by atoms with Crippen LogP contribution < -0.4 is 0 Å². The van der Waals surface area contributed by atoms with Crippen LogP contribution in [0, 0.1) is 11.8 Å². The molecular formula is C17H25NO2S. The fraction of sp³-hybridized carbons (Fsp3) is 0.765. The average Bonchev–Trinajstić information content (AvgIpc) is 2.96. The molecule has 1 atom stereocenters. The van der Waals surface area contributed by atoms with E-state index in [9.17, 15) is 0 Å². The molecule has 4 heteroatoms. The van der Waals surface area contributed by atoms with E-state index < -0.39 is 0 Å². The Kier molecular flexibility index (Phi) is 4.05. The first-order valence-corrected chi connectivity index (χ1v) is 9.18. The molecule has 1 aromatic heterocycles. The molecule has 2 aliphatic heterocycles. The molecule has 0 bridgehead atoms. The van der Waals surface area contributed by atoms with Crippen molar-refractivity contribution in [1.82, 2.24) is 4.90 Å². The van der Waals surface area contributed by atoms with E-state index in [0.717, 1.165) is 45.4 Å². The highest BCUT2D eigenvalue weighted by atomic mass is 32.1. The molecule has 0 N–H and O–H groups in total. The van der Waals surface area contributed by atoms with Gasteiger partial charge in [0, 0.05) is 44.3 Å². The highest BCUT2D eigenvalue weighted by molar-refractivity contribution is 7.09. The first kappa shape index (κ1) is 14.2. The molecule has 0 unspecified atom stereocenters. The second kappa shape index (κ2) is 5.99. The zero-order valence-electron chi connectivity index (χ0n) is 12.6. The van der Waals surface area contributed by atoms with Crippen molar-refractivity contribution < 1.29 is 9.47 Å². The third-order valence-electron chi connectivity index (χ3n) is 5.20. The van der Waals surface area contributed by atoms with Crippen molar-refractivity contribution in [1.29, 1.82) is 0 Å². The lowest BCUT2D eigenvalue weighted by Gasteiger charge is -2.50. The van der Waals surface area contributed by atoms with E-state index >= 15 is 0 Å². The van der Waals surface area contributed by atoms with E-state index in [0.29, 0.717) is 5.92 Å². The van der Waals surface area contributed by atoms with Gasteiger partial charge in [0.05, 0.1) is 5.60 Å². The third-order valence-corrected chi connectivity index (χ3v) is 6.06.